The first-order chi connectivity index (χ1) is 12.8. The normalized spacial score (nSPS) is 16.4. The summed E-state index contributed by atoms with van der Waals surface area (Å²) < 4.78 is 17.0. The van der Waals surface area contributed by atoms with Gasteiger partial charge in [0.2, 0.25) is 0 Å². The lowest BCUT2D eigenvalue weighted by Crippen LogP contribution is -2.31. The van der Waals surface area contributed by atoms with Crippen molar-refractivity contribution in [3.8, 4) is 0 Å². The topological polar surface area (TPSA) is 27.7 Å². The third-order valence-electron chi connectivity index (χ3n) is 3.72. The molecular formula is C26H56O3. The fraction of sp³-hybridized carbons (Fsp3) is 1.00. The van der Waals surface area contributed by atoms with E-state index in [1.807, 2.05) is 0 Å². The highest BCUT2D eigenvalue weighted by Gasteiger charge is 2.21. The molecule has 0 radical (unpaired) electrons. The largest absolute Gasteiger partial charge is 0.376 e. The number of unbranched alkanes of at least 4 members (excludes halogenated alkanes) is 1. The van der Waals surface area contributed by atoms with Crippen molar-refractivity contribution in [2.24, 2.45) is 0 Å². The quantitative estimate of drug-likeness (QED) is 0.431. The van der Waals surface area contributed by atoms with Crippen molar-refractivity contribution in [1.82, 2.24) is 0 Å². The first kappa shape index (κ1) is 31.1. The monoisotopic (exact) mass is 416 g/mol. The van der Waals surface area contributed by atoms with Crippen molar-refractivity contribution < 1.29 is 14.2 Å². The molecule has 0 saturated heterocycles. The molecule has 1 aliphatic carbocycles. The zero-order valence-corrected chi connectivity index (χ0v) is 22.5. The van der Waals surface area contributed by atoms with Crippen molar-refractivity contribution in [2.75, 3.05) is 6.61 Å². The number of ether oxygens (including phenoxy) is 3. The first-order valence-electron chi connectivity index (χ1n) is 11.9. The SMILES string of the molecule is CC(C)(C)OC(C)(C)C.CC(C)(C)OC1CCCCC1.CCCCOC(C)(C)C. The van der Waals surface area contributed by atoms with Crippen LogP contribution in [-0.4, -0.2) is 35.1 Å². The van der Waals surface area contributed by atoms with E-state index < -0.39 is 0 Å². The van der Waals surface area contributed by atoms with Crippen LogP contribution in [0.4, 0.5) is 0 Å². The summed E-state index contributed by atoms with van der Waals surface area (Å²) in [5.74, 6) is 0. The van der Waals surface area contributed by atoms with E-state index in [0.717, 1.165) is 6.61 Å². The maximum atomic E-state index is 5.88. The fourth-order valence-electron chi connectivity index (χ4n) is 3.12. The van der Waals surface area contributed by atoms with Crippen molar-refractivity contribution in [3.05, 3.63) is 0 Å². The summed E-state index contributed by atoms with van der Waals surface area (Å²) in [6, 6.07) is 0. The van der Waals surface area contributed by atoms with Crippen molar-refractivity contribution in [3.63, 3.8) is 0 Å². The third kappa shape index (κ3) is 30.2. The van der Waals surface area contributed by atoms with Crippen molar-refractivity contribution in [2.45, 2.75) is 163 Å². The van der Waals surface area contributed by atoms with Gasteiger partial charge < -0.3 is 14.2 Å². The second-order valence-corrected chi connectivity index (χ2v) is 12.1. The zero-order chi connectivity index (χ0) is 23.4. The Morgan fingerprint density at radius 3 is 1.34 bits per heavy atom. The molecule has 1 saturated carbocycles. The molecule has 0 amide bonds. The third-order valence-corrected chi connectivity index (χ3v) is 3.72. The van der Waals surface area contributed by atoms with E-state index in [1.54, 1.807) is 0 Å². The van der Waals surface area contributed by atoms with Gasteiger partial charge in [0.25, 0.3) is 0 Å². The van der Waals surface area contributed by atoms with Crippen LogP contribution in [0.2, 0.25) is 0 Å². The second-order valence-electron chi connectivity index (χ2n) is 12.1. The standard InChI is InChI=1S/C10H20O.2C8H18O/c1-10(2,3)11-9-7-5-4-6-8-9;1-7(2,3)9-8(4,5)6;1-5-6-7-9-8(2,3)4/h9H,4-8H2,1-3H3;1-6H3;5-7H2,1-4H3. The minimum atomic E-state index is -0.0156. The Morgan fingerprint density at radius 2 is 1.07 bits per heavy atom. The number of hydrogen-bond acceptors (Lipinski definition) is 3. The molecule has 3 nitrogen and oxygen atoms in total. The predicted octanol–water partition coefficient (Wildman–Crippen LogP) is 8.34. The minimum absolute atomic E-state index is 0.0156. The lowest BCUT2D eigenvalue weighted by molar-refractivity contribution is -0.102. The molecule has 0 aromatic rings. The molecule has 0 heterocycles. The van der Waals surface area contributed by atoms with Crippen LogP contribution in [-0.2, 0) is 14.2 Å². The molecule has 3 heteroatoms. The van der Waals surface area contributed by atoms with Crippen LogP contribution in [0.3, 0.4) is 0 Å². The van der Waals surface area contributed by atoms with Crippen molar-refractivity contribution in [1.29, 1.82) is 0 Å². The Bertz CT molecular complexity index is 357. The summed E-state index contributed by atoms with van der Waals surface area (Å²) in [6.07, 6.45) is 9.62. The minimum Gasteiger partial charge on any atom is -0.376 e. The van der Waals surface area contributed by atoms with Gasteiger partial charge in [-0.15, -0.1) is 0 Å². The summed E-state index contributed by atoms with van der Waals surface area (Å²) in [7, 11) is 0. The highest BCUT2D eigenvalue weighted by Crippen LogP contribution is 2.24. The molecule has 0 atom stereocenters. The highest BCUT2D eigenvalue weighted by molar-refractivity contribution is 4.70. The molecule has 0 bridgehead atoms. The van der Waals surface area contributed by atoms with Gasteiger partial charge in [0, 0.05) is 6.61 Å². The molecule has 0 aliphatic heterocycles. The van der Waals surface area contributed by atoms with Crippen LogP contribution in [0.15, 0.2) is 0 Å². The lowest BCUT2D eigenvalue weighted by atomic mass is 9.97. The summed E-state index contributed by atoms with van der Waals surface area (Å²) in [4.78, 5) is 0. The van der Waals surface area contributed by atoms with E-state index in [2.05, 4.69) is 90.0 Å². The lowest BCUT2D eigenvalue weighted by Gasteiger charge is -2.30. The second kappa shape index (κ2) is 14.0. The summed E-state index contributed by atoms with van der Waals surface area (Å²) in [5, 5.41) is 0. The fourth-order valence-corrected chi connectivity index (χ4v) is 3.12. The van der Waals surface area contributed by atoms with Gasteiger partial charge in [0.15, 0.2) is 0 Å². The van der Waals surface area contributed by atoms with Gasteiger partial charge in [0.05, 0.1) is 28.5 Å². The Kier molecular flexibility index (Phi) is 15.0. The average Bonchev–Trinajstić information content (AvgIpc) is 2.43. The van der Waals surface area contributed by atoms with Crippen LogP contribution >= 0.6 is 0 Å². The highest BCUT2D eigenvalue weighted by atomic mass is 16.5. The van der Waals surface area contributed by atoms with Crippen molar-refractivity contribution >= 4 is 0 Å². The van der Waals surface area contributed by atoms with Crippen LogP contribution < -0.4 is 0 Å². The van der Waals surface area contributed by atoms with Gasteiger partial charge in [-0.3, -0.25) is 0 Å². The van der Waals surface area contributed by atoms with E-state index in [-0.39, 0.29) is 22.4 Å². The van der Waals surface area contributed by atoms with Gasteiger partial charge in [-0.25, -0.2) is 0 Å². The van der Waals surface area contributed by atoms with Gasteiger partial charge in [-0.2, -0.15) is 0 Å². The Morgan fingerprint density at radius 1 is 0.621 bits per heavy atom. The van der Waals surface area contributed by atoms with E-state index in [4.69, 9.17) is 14.2 Å². The molecule has 29 heavy (non-hydrogen) atoms. The molecule has 1 fully saturated rings. The Labute approximate surface area is 184 Å². The van der Waals surface area contributed by atoms with Crippen LogP contribution in [0.1, 0.15) is 135 Å². The summed E-state index contributed by atoms with van der Waals surface area (Å²) in [5.41, 5.74) is 0.0771. The molecule has 1 rings (SSSR count). The molecule has 0 N–H and O–H groups in total. The molecule has 0 unspecified atom stereocenters. The smallest absolute Gasteiger partial charge is 0.0605 e. The maximum Gasteiger partial charge on any atom is 0.0605 e. The van der Waals surface area contributed by atoms with E-state index in [0.29, 0.717) is 6.10 Å². The van der Waals surface area contributed by atoms with Crippen LogP contribution in [0.5, 0.6) is 0 Å². The van der Waals surface area contributed by atoms with Gasteiger partial charge in [0.1, 0.15) is 0 Å². The van der Waals surface area contributed by atoms with Gasteiger partial charge in [-0.05, 0) is 102 Å². The molecule has 1 aliphatic rings. The number of rotatable bonds is 4. The average molecular weight is 417 g/mol. The summed E-state index contributed by atoms with van der Waals surface area (Å²) in [6.45, 7) is 28.2. The Balaban J connectivity index is 0. The molecule has 0 aromatic heterocycles. The summed E-state index contributed by atoms with van der Waals surface area (Å²) >= 11 is 0. The maximum absolute atomic E-state index is 5.88. The van der Waals surface area contributed by atoms with E-state index >= 15 is 0 Å². The van der Waals surface area contributed by atoms with Gasteiger partial charge >= 0.3 is 0 Å². The number of hydrogen-bond donors (Lipinski definition) is 0. The molecule has 0 aromatic carbocycles. The van der Waals surface area contributed by atoms with E-state index in [9.17, 15) is 0 Å². The molecule has 178 valence electrons. The predicted molar refractivity (Wildman–Crippen MR) is 129 cm³/mol. The van der Waals surface area contributed by atoms with Crippen LogP contribution in [0.25, 0.3) is 0 Å². The Hall–Kier alpha value is -0.120. The molecular weight excluding hydrogens is 360 g/mol. The van der Waals surface area contributed by atoms with E-state index in [1.165, 1.54) is 44.9 Å². The van der Waals surface area contributed by atoms with Gasteiger partial charge in [-0.1, -0.05) is 32.6 Å². The zero-order valence-electron chi connectivity index (χ0n) is 22.5. The van der Waals surface area contributed by atoms with Crippen LogP contribution in [0, 0.1) is 0 Å². The first-order valence-corrected chi connectivity index (χ1v) is 11.9. The molecule has 0 spiro atoms.